The number of hydrogen-bond donors (Lipinski definition) is 0. The molecular weight excluding hydrogens is 581 g/mol. The first kappa shape index (κ1) is 26.0. The summed E-state index contributed by atoms with van der Waals surface area (Å²) >= 11 is 1.81. The number of nitrogens with zero attached hydrogens (tertiary/aromatic N) is 2. The van der Waals surface area contributed by atoms with E-state index in [1.54, 1.807) is 0 Å². The molecule has 46 heavy (non-hydrogen) atoms. The smallest absolute Gasteiger partial charge is 0.164 e. The van der Waals surface area contributed by atoms with Crippen LogP contribution < -0.4 is 4.74 Å². The SMILES string of the molecule is C1=Cc2sc3c(-c4ccccc4)nc(-c4ccc(-c5cccc6ccccc56)c5c4OC4C=Cc6ccccc6C54)nc3c2CC1. The normalized spacial score (nSPS) is 17.4. The zero-order chi connectivity index (χ0) is 30.2. The lowest BCUT2D eigenvalue weighted by Crippen LogP contribution is -2.20. The Morgan fingerprint density at radius 2 is 1.54 bits per heavy atom. The average Bonchev–Trinajstić information content (AvgIpc) is 3.70. The molecule has 0 N–H and O–H groups in total. The van der Waals surface area contributed by atoms with Gasteiger partial charge in [0, 0.05) is 16.0 Å². The minimum absolute atomic E-state index is 0.0708. The Labute approximate surface area is 271 Å². The molecule has 0 bridgehead atoms. The molecular formula is C42H28N2OS. The van der Waals surface area contributed by atoms with Crippen molar-refractivity contribution in [3.8, 4) is 39.5 Å². The number of hydrogen-bond acceptors (Lipinski definition) is 4. The second-order valence-electron chi connectivity index (χ2n) is 12.3. The standard InChI is InChI=1S/C42H28N2OS/c1-2-13-27(14-3-1)38-41-39(32-18-8-9-20-35(32)46-41)44-42(43-38)33-23-22-31(30-19-10-15-25-11-4-6-16-28(25)30)37-36-29-17-7-5-12-26(29)21-24-34(36)45-40(33)37/h1-7,9-17,19-24,34,36H,8,18H2. The quantitative estimate of drug-likeness (QED) is 0.200. The Morgan fingerprint density at radius 1 is 0.717 bits per heavy atom. The molecule has 2 unspecified atom stereocenters. The lowest BCUT2D eigenvalue weighted by molar-refractivity contribution is 0.268. The first-order valence-corrected chi connectivity index (χ1v) is 16.8. The van der Waals surface area contributed by atoms with E-state index in [2.05, 4.69) is 133 Å². The number of benzene rings is 5. The van der Waals surface area contributed by atoms with Gasteiger partial charge in [-0.3, -0.25) is 0 Å². The zero-order valence-corrected chi connectivity index (χ0v) is 25.8. The maximum absolute atomic E-state index is 7.00. The summed E-state index contributed by atoms with van der Waals surface area (Å²) in [5, 5.41) is 2.47. The second-order valence-corrected chi connectivity index (χ2v) is 13.4. The van der Waals surface area contributed by atoms with Crippen LogP contribution in [0.25, 0.3) is 66.9 Å². The van der Waals surface area contributed by atoms with Gasteiger partial charge >= 0.3 is 0 Å². The molecule has 0 saturated heterocycles. The molecule has 10 rings (SSSR count). The van der Waals surface area contributed by atoms with E-state index in [-0.39, 0.29) is 12.0 Å². The number of aromatic nitrogens is 2. The van der Waals surface area contributed by atoms with Gasteiger partial charge in [-0.1, -0.05) is 115 Å². The monoisotopic (exact) mass is 608 g/mol. The fourth-order valence-corrected chi connectivity index (χ4v) is 8.88. The summed E-state index contributed by atoms with van der Waals surface area (Å²) in [6, 6.07) is 39.0. The number of ether oxygens (including phenoxy) is 1. The van der Waals surface area contributed by atoms with Crippen molar-refractivity contribution in [2.75, 3.05) is 0 Å². The fourth-order valence-electron chi connectivity index (χ4n) is 7.65. The molecule has 218 valence electrons. The third-order valence-corrected chi connectivity index (χ3v) is 10.9. The highest BCUT2D eigenvalue weighted by molar-refractivity contribution is 7.20. The van der Waals surface area contributed by atoms with E-state index in [1.807, 2.05) is 11.3 Å². The van der Waals surface area contributed by atoms with Crippen LogP contribution in [0.3, 0.4) is 0 Å². The molecule has 0 radical (unpaired) electrons. The van der Waals surface area contributed by atoms with Crippen LogP contribution >= 0.6 is 11.3 Å². The molecule has 5 aromatic carbocycles. The molecule has 3 aliphatic rings. The predicted octanol–water partition coefficient (Wildman–Crippen LogP) is 10.7. The number of thiophene rings is 1. The molecule has 3 nitrogen and oxygen atoms in total. The van der Waals surface area contributed by atoms with Crippen molar-refractivity contribution in [3.05, 3.63) is 148 Å². The second kappa shape index (κ2) is 10.1. The van der Waals surface area contributed by atoms with Crippen LogP contribution in [0.5, 0.6) is 5.75 Å². The van der Waals surface area contributed by atoms with Crippen molar-refractivity contribution in [1.82, 2.24) is 9.97 Å². The van der Waals surface area contributed by atoms with Gasteiger partial charge in [-0.15, -0.1) is 11.3 Å². The van der Waals surface area contributed by atoms with Crippen LogP contribution in [0.1, 0.15) is 39.5 Å². The molecule has 7 aromatic rings. The van der Waals surface area contributed by atoms with Crippen molar-refractivity contribution in [1.29, 1.82) is 0 Å². The van der Waals surface area contributed by atoms with Gasteiger partial charge in [0.05, 0.1) is 27.4 Å². The van der Waals surface area contributed by atoms with Crippen LogP contribution in [0.15, 0.2) is 121 Å². The average molecular weight is 609 g/mol. The van der Waals surface area contributed by atoms with Gasteiger partial charge in [0.2, 0.25) is 0 Å². The zero-order valence-electron chi connectivity index (χ0n) is 25.0. The number of rotatable bonds is 3. The molecule has 0 saturated carbocycles. The molecule has 2 aromatic heterocycles. The minimum atomic E-state index is -0.101. The van der Waals surface area contributed by atoms with E-state index in [4.69, 9.17) is 14.7 Å². The maximum Gasteiger partial charge on any atom is 0.164 e. The van der Waals surface area contributed by atoms with Crippen molar-refractivity contribution >= 4 is 44.5 Å². The largest absolute Gasteiger partial charge is 0.484 e. The highest BCUT2D eigenvalue weighted by Gasteiger charge is 2.41. The predicted molar refractivity (Wildman–Crippen MR) is 190 cm³/mol. The molecule has 3 heterocycles. The topological polar surface area (TPSA) is 35.0 Å². The van der Waals surface area contributed by atoms with Crippen molar-refractivity contribution < 1.29 is 4.74 Å². The molecule has 2 atom stereocenters. The summed E-state index contributed by atoms with van der Waals surface area (Å²) in [5.41, 5.74) is 11.6. The van der Waals surface area contributed by atoms with E-state index >= 15 is 0 Å². The van der Waals surface area contributed by atoms with Gasteiger partial charge in [0.15, 0.2) is 5.82 Å². The molecule has 0 fully saturated rings. The van der Waals surface area contributed by atoms with Gasteiger partial charge in [0.1, 0.15) is 11.9 Å². The Morgan fingerprint density at radius 3 is 2.50 bits per heavy atom. The Balaban J connectivity index is 1.27. The van der Waals surface area contributed by atoms with Crippen molar-refractivity contribution in [2.24, 2.45) is 0 Å². The van der Waals surface area contributed by atoms with E-state index < -0.39 is 0 Å². The van der Waals surface area contributed by atoms with Crippen molar-refractivity contribution in [3.63, 3.8) is 0 Å². The van der Waals surface area contributed by atoms with E-state index in [0.29, 0.717) is 0 Å². The summed E-state index contributed by atoms with van der Waals surface area (Å²) in [5.74, 6) is 1.68. The summed E-state index contributed by atoms with van der Waals surface area (Å²) in [6.45, 7) is 0. The first-order valence-electron chi connectivity index (χ1n) is 16.0. The van der Waals surface area contributed by atoms with Crippen molar-refractivity contribution in [2.45, 2.75) is 24.9 Å². The highest BCUT2D eigenvalue weighted by atomic mass is 32.1. The number of allylic oxidation sites excluding steroid dienone is 1. The summed E-state index contributed by atoms with van der Waals surface area (Å²) < 4.78 is 8.16. The Bertz CT molecular complexity index is 2410. The van der Waals surface area contributed by atoms with Crippen LogP contribution in [-0.2, 0) is 6.42 Å². The van der Waals surface area contributed by atoms with Crippen LogP contribution in [0.2, 0.25) is 0 Å². The van der Waals surface area contributed by atoms with Gasteiger partial charge in [0.25, 0.3) is 0 Å². The van der Waals surface area contributed by atoms with Gasteiger partial charge in [-0.2, -0.15) is 0 Å². The van der Waals surface area contributed by atoms with E-state index in [1.165, 1.54) is 49.0 Å². The lowest BCUT2D eigenvalue weighted by Gasteiger charge is -2.24. The van der Waals surface area contributed by atoms with E-state index in [0.717, 1.165) is 51.5 Å². The maximum atomic E-state index is 7.00. The molecule has 4 heteroatoms. The minimum Gasteiger partial charge on any atom is -0.484 e. The number of aryl methyl sites for hydroxylation is 1. The third-order valence-electron chi connectivity index (χ3n) is 9.75. The molecule has 0 spiro atoms. The first-order chi connectivity index (χ1) is 22.8. The van der Waals surface area contributed by atoms with Crippen LogP contribution in [-0.4, -0.2) is 16.1 Å². The lowest BCUT2D eigenvalue weighted by atomic mass is 9.78. The molecule has 1 aliphatic heterocycles. The highest BCUT2D eigenvalue weighted by Crippen LogP contribution is 2.54. The van der Waals surface area contributed by atoms with Gasteiger partial charge in [-0.05, 0) is 69.6 Å². The Hall–Kier alpha value is -5.32. The summed E-state index contributed by atoms with van der Waals surface area (Å²) in [7, 11) is 0. The van der Waals surface area contributed by atoms with Gasteiger partial charge < -0.3 is 4.74 Å². The molecule has 2 aliphatic carbocycles. The Kier molecular flexibility index (Phi) is 5.70. The molecule has 0 amide bonds. The van der Waals surface area contributed by atoms with E-state index in [9.17, 15) is 0 Å². The van der Waals surface area contributed by atoms with Gasteiger partial charge in [-0.25, -0.2) is 9.97 Å². The number of fused-ring (bicyclic) bond motifs is 9. The summed E-state index contributed by atoms with van der Waals surface area (Å²) in [6.07, 6.45) is 10.9. The van der Waals surface area contributed by atoms with Crippen LogP contribution in [0.4, 0.5) is 0 Å². The third kappa shape index (κ3) is 3.83. The summed E-state index contributed by atoms with van der Waals surface area (Å²) in [4.78, 5) is 12.0. The fraction of sp³-hybridized carbons (Fsp3) is 0.0952. The van der Waals surface area contributed by atoms with Crippen LogP contribution in [0, 0.1) is 0 Å².